The molecule has 0 atom stereocenters. The number of allylic oxidation sites excluding steroid dienone is 2. The van der Waals surface area contributed by atoms with E-state index in [1.807, 2.05) is 38.1 Å². The number of hydrogen-bond donors (Lipinski definition) is 1. The maximum absolute atomic E-state index is 15.2. The zero-order valence-electron chi connectivity index (χ0n) is 20.1. The fourth-order valence-electron chi connectivity index (χ4n) is 4.42. The largest absolute Gasteiger partial charge is 0.421 e. The monoisotopic (exact) mass is 478 g/mol. The Morgan fingerprint density at radius 2 is 1.89 bits per heavy atom. The molecule has 1 N–H and O–H groups in total. The lowest BCUT2D eigenvalue weighted by Crippen LogP contribution is -2.44. The number of rotatable bonds is 5. The van der Waals surface area contributed by atoms with Crippen molar-refractivity contribution in [2.45, 2.75) is 20.3 Å². The summed E-state index contributed by atoms with van der Waals surface area (Å²) >= 11 is 0. The number of aromatic nitrogens is 2. The lowest BCUT2D eigenvalue weighted by Gasteiger charge is -2.33. The fourth-order valence-corrected chi connectivity index (χ4v) is 4.42. The molecule has 1 fully saturated rings. The summed E-state index contributed by atoms with van der Waals surface area (Å²) in [5.74, 6) is 0.447. The van der Waals surface area contributed by atoms with Crippen LogP contribution in [0.1, 0.15) is 25.0 Å². The number of ether oxygens (including phenoxy) is 1. The van der Waals surface area contributed by atoms with Crippen molar-refractivity contribution in [3.05, 3.63) is 64.3 Å². The van der Waals surface area contributed by atoms with E-state index in [1.54, 1.807) is 6.08 Å². The van der Waals surface area contributed by atoms with Gasteiger partial charge < -0.3 is 19.9 Å². The van der Waals surface area contributed by atoms with Gasteiger partial charge in [-0.25, -0.2) is 8.78 Å². The number of halogens is 2. The summed E-state index contributed by atoms with van der Waals surface area (Å²) in [6.45, 7) is 7.74. The summed E-state index contributed by atoms with van der Waals surface area (Å²) in [6, 6.07) is 2.85. The molecular weight excluding hydrogens is 450 g/mol. The molecule has 3 aliphatic rings. The molecule has 35 heavy (non-hydrogen) atoms. The average Bonchev–Trinajstić information content (AvgIpc) is 3.44. The van der Waals surface area contributed by atoms with Crippen LogP contribution in [-0.2, 0) is 6.42 Å². The van der Waals surface area contributed by atoms with Crippen molar-refractivity contribution in [1.82, 2.24) is 14.9 Å². The van der Waals surface area contributed by atoms with Gasteiger partial charge in [0.2, 0.25) is 0 Å². The number of anilines is 2. The highest BCUT2D eigenvalue weighted by atomic mass is 19.1. The van der Waals surface area contributed by atoms with Crippen LogP contribution in [-0.4, -0.2) is 60.5 Å². The predicted octanol–water partition coefficient (Wildman–Crippen LogP) is 4.58. The van der Waals surface area contributed by atoms with E-state index in [-0.39, 0.29) is 17.3 Å². The van der Waals surface area contributed by atoms with Gasteiger partial charge in [0.25, 0.3) is 0 Å². The van der Waals surface area contributed by atoms with Crippen molar-refractivity contribution in [2.75, 3.05) is 50.0 Å². The molecule has 2 aliphatic heterocycles. The van der Waals surface area contributed by atoms with Crippen molar-refractivity contribution in [1.29, 1.82) is 0 Å². The minimum absolute atomic E-state index is 0.0582. The first-order valence-electron chi connectivity index (χ1n) is 11.7. The molecule has 1 saturated heterocycles. The van der Waals surface area contributed by atoms with E-state index in [4.69, 9.17) is 4.74 Å². The molecule has 0 radical (unpaired) electrons. The Morgan fingerprint density at radius 1 is 1.09 bits per heavy atom. The standard InChI is InChI=1S/C26H28F2N6O/c1-4-5-17-12-22(29-15-17)30-23-14-24(34-8-6-33(3)7-9-34)32-26(31-23)35-21-13-20(27)18-10-16(2)11-19(18)25(21)28/h4-5,11-14H,6-10,15H2,1-3H3,(H,29,30,31,32)/b5-4-. The van der Waals surface area contributed by atoms with Crippen molar-refractivity contribution < 1.29 is 13.5 Å². The van der Waals surface area contributed by atoms with Crippen LogP contribution in [0.15, 0.2) is 46.5 Å². The first kappa shape index (κ1) is 23.2. The smallest absolute Gasteiger partial charge is 0.326 e. The van der Waals surface area contributed by atoms with Crippen molar-refractivity contribution >= 4 is 23.5 Å². The molecule has 7 nitrogen and oxygen atoms in total. The van der Waals surface area contributed by atoms with Gasteiger partial charge in [-0.15, -0.1) is 0 Å². The minimum Gasteiger partial charge on any atom is -0.421 e. The number of benzene rings is 1. The Balaban J connectivity index is 1.47. The highest BCUT2D eigenvalue weighted by Crippen LogP contribution is 2.36. The van der Waals surface area contributed by atoms with Crippen LogP contribution in [0.2, 0.25) is 0 Å². The molecule has 1 aliphatic carbocycles. The van der Waals surface area contributed by atoms with Crippen molar-refractivity contribution in [2.24, 2.45) is 4.99 Å². The van der Waals surface area contributed by atoms with Gasteiger partial charge in [0, 0.05) is 49.4 Å². The summed E-state index contributed by atoms with van der Waals surface area (Å²) < 4.78 is 35.6. The van der Waals surface area contributed by atoms with E-state index in [0.717, 1.165) is 43.4 Å². The van der Waals surface area contributed by atoms with E-state index in [0.29, 0.717) is 36.0 Å². The summed E-state index contributed by atoms with van der Waals surface area (Å²) in [5, 5.41) is 3.21. The summed E-state index contributed by atoms with van der Waals surface area (Å²) in [7, 11) is 2.08. The van der Waals surface area contributed by atoms with Crippen LogP contribution in [0.25, 0.3) is 6.08 Å². The maximum atomic E-state index is 15.2. The van der Waals surface area contributed by atoms with E-state index in [1.165, 1.54) is 0 Å². The third-order valence-corrected chi connectivity index (χ3v) is 6.28. The van der Waals surface area contributed by atoms with Crippen LogP contribution in [0.4, 0.5) is 20.4 Å². The molecule has 0 bridgehead atoms. The quantitative estimate of drug-likeness (QED) is 0.679. The summed E-state index contributed by atoms with van der Waals surface area (Å²) in [4.78, 5) is 17.8. The molecule has 2 aromatic rings. The summed E-state index contributed by atoms with van der Waals surface area (Å²) in [5.41, 5.74) is 2.56. The van der Waals surface area contributed by atoms with Gasteiger partial charge in [0.05, 0.1) is 6.54 Å². The van der Waals surface area contributed by atoms with E-state index in [2.05, 4.69) is 37.1 Å². The van der Waals surface area contributed by atoms with Crippen molar-refractivity contribution in [3.63, 3.8) is 0 Å². The van der Waals surface area contributed by atoms with E-state index in [9.17, 15) is 4.39 Å². The lowest BCUT2D eigenvalue weighted by atomic mass is 10.1. The first-order valence-corrected chi connectivity index (χ1v) is 11.7. The van der Waals surface area contributed by atoms with Crippen LogP contribution in [0, 0.1) is 11.6 Å². The van der Waals surface area contributed by atoms with E-state index < -0.39 is 11.6 Å². The SMILES string of the molecule is C/C=C\C1=CC(Nc2cc(N3CCN(C)CC3)nc(Oc3cc(F)c4c(c3F)C=C(C)C4)n2)=NC1. The highest BCUT2D eigenvalue weighted by molar-refractivity contribution is 6.05. The van der Waals surface area contributed by atoms with Gasteiger partial charge in [-0.1, -0.05) is 23.8 Å². The lowest BCUT2D eigenvalue weighted by molar-refractivity contribution is 0.311. The summed E-state index contributed by atoms with van der Waals surface area (Å²) in [6.07, 6.45) is 7.97. The minimum atomic E-state index is -0.611. The zero-order chi connectivity index (χ0) is 24.5. The molecule has 0 spiro atoms. The predicted molar refractivity (Wildman–Crippen MR) is 134 cm³/mol. The number of likely N-dealkylation sites (N-methyl/N-ethyl adjacent to an activating group) is 1. The number of fused-ring (bicyclic) bond motifs is 1. The number of amidine groups is 1. The molecule has 1 aromatic carbocycles. The van der Waals surface area contributed by atoms with Gasteiger partial charge in [-0.3, -0.25) is 4.99 Å². The van der Waals surface area contributed by atoms with Gasteiger partial charge in [-0.2, -0.15) is 9.97 Å². The highest BCUT2D eigenvalue weighted by Gasteiger charge is 2.24. The Hall–Kier alpha value is -3.59. The third kappa shape index (κ3) is 4.95. The normalized spacial score (nSPS) is 18.0. The molecule has 5 rings (SSSR count). The topological polar surface area (TPSA) is 65.9 Å². The Bertz CT molecular complexity index is 1280. The van der Waals surface area contributed by atoms with Crippen LogP contribution in [0.5, 0.6) is 11.8 Å². The number of nitrogens with one attached hydrogen (secondary N) is 1. The third-order valence-electron chi connectivity index (χ3n) is 6.28. The molecular formula is C26H28F2N6O. The molecule has 3 heterocycles. The zero-order valence-corrected chi connectivity index (χ0v) is 20.1. The van der Waals surface area contributed by atoms with Crippen LogP contribution < -0.4 is 15.0 Å². The number of nitrogens with zero attached hydrogens (tertiary/aromatic N) is 5. The molecule has 182 valence electrons. The Morgan fingerprint density at radius 3 is 2.66 bits per heavy atom. The molecule has 0 amide bonds. The van der Waals surface area contributed by atoms with Gasteiger partial charge in [0.1, 0.15) is 23.3 Å². The molecule has 0 unspecified atom stereocenters. The van der Waals surface area contributed by atoms with Crippen LogP contribution >= 0.6 is 0 Å². The average molecular weight is 479 g/mol. The van der Waals surface area contributed by atoms with Crippen molar-refractivity contribution in [3.8, 4) is 11.8 Å². The molecule has 1 aromatic heterocycles. The van der Waals surface area contributed by atoms with Crippen LogP contribution in [0.3, 0.4) is 0 Å². The van der Waals surface area contributed by atoms with Gasteiger partial charge in [-0.05, 0) is 39.0 Å². The fraction of sp³-hybridized carbons (Fsp3) is 0.346. The second kappa shape index (κ2) is 9.58. The van der Waals surface area contributed by atoms with Gasteiger partial charge >= 0.3 is 6.01 Å². The second-order valence-corrected chi connectivity index (χ2v) is 9.06. The first-order chi connectivity index (χ1) is 16.9. The van der Waals surface area contributed by atoms with Gasteiger partial charge in [0.15, 0.2) is 11.6 Å². The second-order valence-electron chi connectivity index (χ2n) is 9.06. The van der Waals surface area contributed by atoms with E-state index >= 15 is 4.39 Å². The maximum Gasteiger partial charge on any atom is 0.326 e. The molecule has 0 saturated carbocycles. The Labute approximate surface area is 203 Å². The number of hydrogen-bond acceptors (Lipinski definition) is 7. The Kier molecular flexibility index (Phi) is 6.34. The number of piperazine rings is 1. The number of aliphatic imine (C=N–C) groups is 1. The molecule has 9 heteroatoms.